The van der Waals surface area contributed by atoms with E-state index in [2.05, 4.69) is 46.8 Å². The lowest BCUT2D eigenvalue weighted by molar-refractivity contribution is -0.151. The Bertz CT molecular complexity index is 1240. The van der Waals surface area contributed by atoms with E-state index in [0.717, 1.165) is 29.5 Å². The number of amides is 1. The van der Waals surface area contributed by atoms with Crippen LogP contribution in [-0.4, -0.2) is 34.6 Å². The van der Waals surface area contributed by atoms with E-state index in [1.807, 2.05) is 26.0 Å². The van der Waals surface area contributed by atoms with E-state index in [1.54, 1.807) is 19.1 Å². The number of hydrogen-bond donors (Lipinski definition) is 0. The first-order valence-corrected chi connectivity index (χ1v) is 13.1. The minimum atomic E-state index is -1.19. The largest absolute Gasteiger partial charge is 0.464 e. The van der Waals surface area contributed by atoms with Gasteiger partial charge < -0.3 is 9.47 Å². The molecule has 0 radical (unpaired) electrons. The van der Waals surface area contributed by atoms with E-state index in [0.29, 0.717) is 5.56 Å². The third kappa shape index (κ3) is 4.23. The van der Waals surface area contributed by atoms with Crippen molar-refractivity contribution in [3.63, 3.8) is 0 Å². The van der Waals surface area contributed by atoms with Crippen LogP contribution in [0.25, 0.3) is 0 Å². The summed E-state index contributed by atoms with van der Waals surface area (Å²) in [6.07, 6.45) is 1.87. The molecule has 0 aromatic heterocycles. The summed E-state index contributed by atoms with van der Waals surface area (Å²) in [7, 11) is 0. The normalized spacial score (nSPS) is 22.8. The highest BCUT2D eigenvalue weighted by atomic mass is 32.1. The lowest BCUT2D eigenvalue weighted by Gasteiger charge is -2.34. The van der Waals surface area contributed by atoms with Gasteiger partial charge in [0.25, 0.3) is 11.1 Å². The van der Waals surface area contributed by atoms with Gasteiger partial charge in [0, 0.05) is 11.1 Å². The van der Waals surface area contributed by atoms with Crippen LogP contribution in [0.15, 0.2) is 36.4 Å². The van der Waals surface area contributed by atoms with Crippen LogP contribution in [-0.2, 0) is 37.1 Å². The number of carbonyl (C=O) groups is 2. The van der Waals surface area contributed by atoms with Crippen LogP contribution in [0.1, 0.15) is 93.1 Å². The molecule has 0 N–H and O–H groups in total. The first kappa shape index (κ1) is 26.3. The fourth-order valence-electron chi connectivity index (χ4n) is 5.53. The van der Waals surface area contributed by atoms with Crippen molar-refractivity contribution in [1.29, 1.82) is 0 Å². The third-order valence-electron chi connectivity index (χ3n) is 7.76. The molecule has 1 saturated heterocycles. The van der Waals surface area contributed by atoms with Crippen molar-refractivity contribution in [1.82, 2.24) is 4.90 Å². The molecule has 2 aromatic carbocycles. The number of aryl methyl sites for hydroxylation is 1. The van der Waals surface area contributed by atoms with Crippen molar-refractivity contribution in [2.75, 3.05) is 6.61 Å². The van der Waals surface area contributed by atoms with Crippen LogP contribution >= 0.6 is 12.2 Å². The molecule has 2 aliphatic rings. The molecular weight excluding hydrogens is 470 g/mol. The van der Waals surface area contributed by atoms with Gasteiger partial charge in [-0.2, -0.15) is 0 Å². The van der Waals surface area contributed by atoms with Gasteiger partial charge >= 0.3 is 5.97 Å². The maximum absolute atomic E-state index is 13.8. The Morgan fingerprint density at radius 2 is 1.78 bits per heavy atom. The number of fused-ring (bicyclic) bond motifs is 1. The highest BCUT2D eigenvalue weighted by Crippen LogP contribution is 2.49. The smallest absolute Gasteiger partial charge is 0.333 e. The minimum absolute atomic E-state index is 0.00308. The lowest BCUT2D eigenvalue weighted by Crippen LogP contribution is -2.51. The topological polar surface area (TPSA) is 55.8 Å². The number of rotatable bonds is 4. The average Bonchev–Trinajstić information content (AvgIpc) is 3.25. The average molecular weight is 508 g/mol. The number of carbonyl (C=O) groups excluding carboxylic acids is 2. The van der Waals surface area contributed by atoms with Crippen LogP contribution < -0.4 is 0 Å². The van der Waals surface area contributed by atoms with Crippen molar-refractivity contribution in [2.24, 2.45) is 0 Å². The zero-order chi connectivity index (χ0) is 26.6. The predicted molar refractivity (Wildman–Crippen MR) is 145 cm³/mol. The molecule has 1 fully saturated rings. The van der Waals surface area contributed by atoms with Crippen molar-refractivity contribution in [3.8, 4) is 0 Å². The maximum Gasteiger partial charge on any atom is 0.333 e. The highest BCUT2D eigenvalue weighted by molar-refractivity contribution is 7.80. The summed E-state index contributed by atoms with van der Waals surface area (Å²) >= 11 is 5.64. The zero-order valence-electron chi connectivity index (χ0n) is 22.7. The Balaban J connectivity index is 1.94. The molecule has 36 heavy (non-hydrogen) atoms. The van der Waals surface area contributed by atoms with Gasteiger partial charge in [-0.1, -0.05) is 65.0 Å². The van der Waals surface area contributed by atoms with Gasteiger partial charge in [-0.25, -0.2) is 9.69 Å². The molecule has 1 aliphatic heterocycles. The molecule has 0 bridgehead atoms. The molecule has 5 nitrogen and oxygen atoms in total. The SMILES string of the molecule is CCOC(=O)C1N(C(=O)c2ccccc2C)C(=S)OC1(C)c1cc(C(C)(C)C)cc2c1CCC2(C)C. The molecule has 1 heterocycles. The third-order valence-corrected chi connectivity index (χ3v) is 8.04. The summed E-state index contributed by atoms with van der Waals surface area (Å²) in [5.74, 6) is -0.877. The molecule has 6 heteroatoms. The molecule has 0 saturated carbocycles. The van der Waals surface area contributed by atoms with Gasteiger partial charge in [0.2, 0.25) is 0 Å². The molecule has 2 unspecified atom stereocenters. The Hall–Kier alpha value is -2.73. The Morgan fingerprint density at radius 3 is 2.39 bits per heavy atom. The molecule has 1 amide bonds. The quantitative estimate of drug-likeness (QED) is 0.369. The van der Waals surface area contributed by atoms with E-state index < -0.39 is 17.6 Å². The molecule has 2 atom stereocenters. The van der Waals surface area contributed by atoms with Gasteiger partial charge in [0.15, 0.2) is 11.6 Å². The monoisotopic (exact) mass is 507 g/mol. The number of benzene rings is 2. The number of thiocarbonyl (C=S) groups is 1. The van der Waals surface area contributed by atoms with Gasteiger partial charge in [-0.05, 0) is 85.0 Å². The van der Waals surface area contributed by atoms with Crippen LogP contribution in [0.5, 0.6) is 0 Å². The molecule has 0 spiro atoms. The van der Waals surface area contributed by atoms with Crippen molar-refractivity contribution in [3.05, 3.63) is 69.8 Å². The molecule has 192 valence electrons. The van der Waals surface area contributed by atoms with Crippen molar-refractivity contribution < 1.29 is 19.1 Å². The Labute approximate surface area is 220 Å². The second kappa shape index (κ2) is 8.98. The van der Waals surface area contributed by atoms with E-state index in [4.69, 9.17) is 21.7 Å². The standard InChI is InChI=1S/C30H37NO4S/c1-9-34-26(33)24-30(8,35-27(36)31(24)25(32)20-13-11-10-12-18(20)2)23-17-19(28(3,4)5)16-22-21(23)14-15-29(22,6)7/h10-13,16-17,24H,9,14-15H2,1-8H3. The van der Waals surface area contributed by atoms with Gasteiger partial charge in [0.05, 0.1) is 6.61 Å². The number of esters is 1. The Morgan fingerprint density at radius 1 is 1.14 bits per heavy atom. The van der Waals surface area contributed by atoms with Crippen molar-refractivity contribution >= 4 is 29.3 Å². The second-order valence-electron chi connectivity index (χ2n) is 11.8. The summed E-state index contributed by atoms with van der Waals surface area (Å²) in [6, 6.07) is 10.7. The van der Waals surface area contributed by atoms with Crippen LogP contribution in [0.2, 0.25) is 0 Å². The number of hydrogen-bond acceptors (Lipinski definition) is 5. The summed E-state index contributed by atoms with van der Waals surface area (Å²) < 4.78 is 11.9. The highest BCUT2D eigenvalue weighted by Gasteiger charge is 2.58. The van der Waals surface area contributed by atoms with E-state index in [1.165, 1.54) is 16.0 Å². The molecular formula is C30H37NO4S. The molecule has 1 aliphatic carbocycles. The van der Waals surface area contributed by atoms with E-state index in [-0.39, 0.29) is 28.5 Å². The first-order chi connectivity index (χ1) is 16.7. The molecule has 2 aromatic rings. The lowest BCUT2D eigenvalue weighted by atomic mass is 9.75. The number of nitrogens with zero attached hydrogens (tertiary/aromatic N) is 1. The van der Waals surface area contributed by atoms with Crippen molar-refractivity contribution in [2.45, 2.75) is 90.7 Å². The number of ether oxygens (including phenoxy) is 2. The van der Waals surface area contributed by atoms with E-state index >= 15 is 0 Å². The second-order valence-corrected chi connectivity index (χ2v) is 12.2. The Kier molecular flexibility index (Phi) is 6.57. The van der Waals surface area contributed by atoms with Gasteiger partial charge in [0.1, 0.15) is 0 Å². The fraction of sp³-hybridized carbons (Fsp3) is 0.500. The van der Waals surface area contributed by atoms with Gasteiger partial charge in [-0.3, -0.25) is 4.79 Å². The summed E-state index contributed by atoms with van der Waals surface area (Å²) in [6.45, 7) is 16.8. The van der Waals surface area contributed by atoms with Crippen LogP contribution in [0.3, 0.4) is 0 Å². The van der Waals surface area contributed by atoms with Crippen LogP contribution in [0, 0.1) is 6.92 Å². The fourth-order valence-corrected chi connectivity index (χ4v) is 5.89. The molecule has 4 rings (SSSR count). The maximum atomic E-state index is 13.8. The first-order valence-electron chi connectivity index (χ1n) is 12.7. The summed E-state index contributed by atoms with van der Waals surface area (Å²) in [5.41, 5.74) is 4.50. The van der Waals surface area contributed by atoms with Crippen LogP contribution in [0.4, 0.5) is 0 Å². The zero-order valence-corrected chi connectivity index (χ0v) is 23.5. The summed E-state index contributed by atoms with van der Waals surface area (Å²) in [4.78, 5) is 28.7. The van der Waals surface area contributed by atoms with E-state index in [9.17, 15) is 9.59 Å². The van der Waals surface area contributed by atoms with Gasteiger partial charge in [-0.15, -0.1) is 0 Å². The summed E-state index contributed by atoms with van der Waals surface area (Å²) in [5, 5.41) is -0.00373. The predicted octanol–water partition coefficient (Wildman–Crippen LogP) is 6.12. The minimum Gasteiger partial charge on any atom is -0.464 e.